The second-order valence-corrected chi connectivity index (χ2v) is 14.8. The molecule has 3 heterocycles. The smallest absolute Gasteiger partial charge is 0.164 e. The summed E-state index contributed by atoms with van der Waals surface area (Å²) >= 11 is 0. The minimum absolute atomic E-state index is 0.639. The van der Waals surface area contributed by atoms with Crippen LogP contribution in [0.4, 0.5) is 0 Å². The predicted octanol–water partition coefficient (Wildman–Crippen LogP) is 12.9. The minimum atomic E-state index is 0.639. The fourth-order valence-corrected chi connectivity index (χ4v) is 9.01. The Morgan fingerprint density at radius 3 is 1.71 bits per heavy atom. The van der Waals surface area contributed by atoms with Crippen molar-refractivity contribution in [1.82, 2.24) is 19.5 Å². The van der Waals surface area contributed by atoms with E-state index in [1.807, 2.05) is 12.1 Å². The molecule has 8 aromatic carbocycles. The molecule has 0 saturated carbocycles. The van der Waals surface area contributed by atoms with Crippen LogP contribution in [0.3, 0.4) is 0 Å². The van der Waals surface area contributed by atoms with E-state index in [2.05, 4.69) is 174 Å². The maximum atomic E-state index is 5.24. The number of benzene rings is 8. The van der Waals surface area contributed by atoms with Gasteiger partial charge in [-0.2, -0.15) is 0 Å². The molecule has 10 aromatic rings. The fraction of sp³-hybridized carbons (Fsp3) is 0.0192. The molecule has 4 heteroatoms. The highest BCUT2D eigenvalue weighted by atomic mass is 15.0. The van der Waals surface area contributed by atoms with Gasteiger partial charge >= 0.3 is 0 Å². The third-order valence-corrected chi connectivity index (χ3v) is 11.6. The van der Waals surface area contributed by atoms with Crippen molar-refractivity contribution >= 4 is 21.8 Å². The zero-order valence-corrected chi connectivity index (χ0v) is 30.3. The second kappa shape index (κ2) is 12.0. The molecule has 2 aliphatic rings. The molecule has 0 spiro atoms. The summed E-state index contributed by atoms with van der Waals surface area (Å²) in [5, 5.41) is 2.57. The van der Waals surface area contributed by atoms with E-state index in [9.17, 15) is 0 Å². The molecule has 1 aliphatic heterocycles. The average molecular weight is 713 g/mol. The third-order valence-electron chi connectivity index (χ3n) is 11.6. The molecule has 0 fully saturated rings. The number of para-hydroxylation sites is 1. The monoisotopic (exact) mass is 712 g/mol. The molecule has 2 aromatic heterocycles. The lowest BCUT2D eigenvalue weighted by Gasteiger charge is -2.15. The van der Waals surface area contributed by atoms with Crippen molar-refractivity contribution < 1.29 is 0 Å². The minimum Gasteiger partial charge on any atom is -0.308 e. The number of fused-ring (bicyclic) bond motifs is 6. The van der Waals surface area contributed by atoms with Gasteiger partial charge in [0.05, 0.1) is 16.7 Å². The summed E-state index contributed by atoms with van der Waals surface area (Å²) < 4.78 is 2.49. The number of hydrogen-bond donors (Lipinski definition) is 0. The van der Waals surface area contributed by atoms with Crippen LogP contribution in [0.25, 0.3) is 106 Å². The summed E-state index contributed by atoms with van der Waals surface area (Å²) in [7, 11) is 0. The second-order valence-electron chi connectivity index (χ2n) is 14.8. The van der Waals surface area contributed by atoms with Gasteiger partial charge < -0.3 is 4.57 Å². The maximum Gasteiger partial charge on any atom is 0.164 e. The van der Waals surface area contributed by atoms with Gasteiger partial charge in [0, 0.05) is 38.6 Å². The normalized spacial score (nSPS) is 12.2. The van der Waals surface area contributed by atoms with Crippen LogP contribution < -0.4 is 0 Å². The Balaban J connectivity index is 1.07. The van der Waals surface area contributed by atoms with E-state index < -0.39 is 0 Å². The first kappa shape index (κ1) is 31.0. The molecule has 0 N–H and O–H groups in total. The molecule has 1 aliphatic carbocycles. The molecule has 260 valence electrons. The van der Waals surface area contributed by atoms with Crippen molar-refractivity contribution in [2.75, 3.05) is 0 Å². The zero-order chi connectivity index (χ0) is 36.7. The molecule has 56 heavy (non-hydrogen) atoms. The van der Waals surface area contributed by atoms with Crippen LogP contribution in [0.2, 0.25) is 0 Å². The summed E-state index contributed by atoms with van der Waals surface area (Å²) in [6, 6.07) is 65.0. The van der Waals surface area contributed by atoms with Crippen LogP contribution >= 0.6 is 0 Å². The van der Waals surface area contributed by atoms with Crippen LogP contribution in [-0.2, 0) is 6.42 Å². The van der Waals surface area contributed by atoms with E-state index in [0.717, 1.165) is 45.5 Å². The van der Waals surface area contributed by atoms with Gasteiger partial charge in [0.15, 0.2) is 17.5 Å². The van der Waals surface area contributed by atoms with E-state index >= 15 is 0 Å². The highest BCUT2D eigenvalue weighted by molar-refractivity contribution is 6.18. The highest BCUT2D eigenvalue weighted by Crippen LogP contribution is 2.53. The summed E-state index contributed by atoms with van der Waals surface area (Å²) in [5.41, 5.74) is 19.0. The molecule has 0 bridgehead atoms. The lowest BCUT2D eigenvalue weighted by molar-refractivity contribution is 1.07. The lowest BCUT2D eigenvalue weighted by Crippen LogP contribution is -2.02. The Hall–Kier alpha value is -7.43. The average Bonchev–Trinajstić information content (AvgIpc) is 3.79. The van der Waals surface area contributed by atoms with Crippen LogP contribution in [0.15, 0.2) is 182 Å². The maximum absolute atomic E-state index is 5.24. The Labute approximate surface area is 324 Å². The molecule has 0 atom stereocenters. The standard InChI is InChI=1S/C52H32N4/c1-3-11-32(12-4-1)34-21-23-35(24-22-34)50-53-51(39-17-9-15-36(29-39)33-13-5-2-6-14-33)55-52(54-50)40-26-28-46-44(31-40)42-19-10-16-37-30-38-25-27-43-41-18-7-8-20-45(41)56(46)49(43)48(38)47(37)42/h1-29,31H,30H2. The summed E-state index contributed by atoms with van der Waals surface area (Å²) in [5.74, 6) is 1.92. The van der Waals surface area contributed by atoms with Crippen molar-refractivity contribution in [3.8, 4) is 84.4 Å². The van der Waals surface area contributed by atoms with Gasteiger partial charge in [-0.1, -0.05) is 152 Å². The number of nitrogens with zero attached hydrogens (tertiary/aromatic N) is 4. The SMILES string of the molecule is c1ccc(-c2ccc(-c3nc(-c4cccc(-c5ccccc5)c4)nc(-c4ccc5c(c4)-c4cccc6c4-c4c(ccc7c8ccccc8n-5c47)C6)n3)cc2)cc1. The predicted molar refractivity (Wildman–Crippen MR) is 229 cm³/mol. The molecule has 0 saturated heterocycles. The quantitative estimate of drug-likeness (QED) is 0.178. The molecule has 0 radical (unpaired) electrons. The van der Waals surface area contributed by atoms with Crippen molar-refractivity contribution in [1.29, 1.82) is 0 Å². The molecular weight excluding hydrogens is 681 g/mol. The molecular formula is C52H32N4. The molecule has 0 unspecified atom stereocenters. The van der Waals surface area contributed by atoms with Crippen LogP contribution in [0, 0.1) is 0 Å². The van der Waals surface area contributed by atoms with Gasteiger partial charge in [-0.3, -0.25) is 0 Å². The van der Waals surface area contributed by atoms with Gasteiger partial charge in [0.1, 0.15) is 0 Å². The summed E-state index contributed by atoms with van der Waals surface area (Å²) in [4.78, 5) is 15.6. The van der Waals surface area contributed by atoms with Crippen molar-refractivity contribution in [3.05, 3.63) is 193 Å². The van der Waals surface area contributed by atoms with Gasteiger partial charge in [-0.05, 0) is 81.3 Å². The Bertz CT molecular complexity index is 3200. The number of aromatic nitrogens is 4. The van der Waals surface area contributed by atoms with E-state index in [-0.39, 0.29) is 0 Å². The first-order chi connectivity index (χ1) is 27.7. The third kappa shape index (κ3) is 4.69. The Kier molecular flexibility index (Phi) is 6.66. The summed E-state index contributed by atoms with van der Waals surface area (Å²) in [6.45, 7) is 0. The van der Waals surface area contributed by atoms with E-state index in [1.165, 1.54) is 60.8 Å². The van der Waals surface area contributed by atoms with Crippen molar-refractivity contribution in [2.45, 2.75) is 6.42 Å². The first-order valence-electron chi connectivity index (χ1n) is 19.2. The van der Waals surface area contributed by atoms with Crippen LogP contribution in [-0.4, -0.2) is 19.5 Å². The van der Waals surface area contributed by atoms with Gasteiger partial charge in [0.2, 0.25) is 0 Å². The zero-order valence-electron chi connectivity index (χ0n) is 30.3. The highest BCUT2D eigenvalue weighted by Gasteiger charge is 2.31. The molecule has 4 nitrogen and oxygen atoms in total. The van der Waals surface area contributed by atoms with Crippen LogP contribution in [0.1, 0.15) is 11.1 Å². The van der Waals surface area contributed by atoms with Gasteiger partial charge in [0.25, 0.3) is 0 Å². The number of rotatable bonds is 5. The molecule has 0 amide bonds. The van der Waals surface area contributed by atoms with Gasteiger partial charge in [-0.25, -0.2) is 15.0 Å². The fourth-order valence-electron chi connectivity index (χ4n) is 9.01. The van der Waals surface area contributed by atoms with Gasteiger partial charge in [-0.15, -0.1) is 0 Å². The first-order valence-corrected chi connectivity index (χ1v) is 19.2. The van der Waals surface area contributed by atoms with E-state index in [4.69, 9.17) is 15.0 Å². The van der Waals surface area contributed by atoms with E-state index in [1.54, 1.807) is 0 Å². The van der Waals surface area contributed by atoms with Crippen molar-refractivity contribution in [2.24, 2.45) is 0 Å². The number of hydrogen-bond acceptors (Lipinski definition) is 3. The van der Waals surface area contributed by atoms with Crippen molar-refractivity contribution in [3.63, 3.8) is 0 Å². The van der Waals surface area contributed by atoms with E-state index in [0.29, 0.717) is 17.5 Å². The lowest BCUT2D eigenvalue weighted by atomic mass is 9.92. The Morgan fingerprint density at radius 1 is 0.357 bits per heavy atom. The summed E-state index contributed by atoms with van der Waals surface area (Å²) in [6.07, 6.45) is 0.941. The van der Waals surface area contributed by atoms with Crippen LogP contribution in [0.5, 0.6) is 0 Å². The largest absolute Gasteiger partial charge is 0.308 e. The Morgan fingerprint density at radius 2 is 0.929 bits per heavy atom. The molecule has 12 rings (SSSR count). The topological polar surface area (TPSA) is 43.6 Å².